The highest BCUT2D eigenvalue weighted by Gasteiger charge is 2.24. The van der Waals surface area contributed by atoms with Crippen molar-refractivity contribution in [3.05, 3.63) is 35.9 Å². The molecule has 0 aliphatic carbocycles. The molecule has 14 heavy (non-hydrogen) atoms. The van der Waals surface area contributed by atoms with E-state index in [1.54, 1.807) is 0 Å². The fourth-order valence-corrected chi connectivity index (χ4v) is 1.72. The fraction of sp³-hybridized carbons (Fsp3) is 0.455. The number of nitrogens with one attached hydrogen (secondary N) is 1. The zero-order valence-electron chi connectivity index (χ0n) is 8.44. The topological polar surface area (TPSA) is 15.3 Å². The molecule has 0 bridgehead atoms. The highest BCUT2D eigenvalue weighted by Crippen LogP contribution is 2.12. The van der Waals surface area contributed by atoms with E-state index in [1.807, 2.05) is 7.05 Å². The lowest BCUT2D eigenvalue weighted by molar-refractivity contribution is 0.124. The molecule has 0 atom stereocenters. The quantitative estimate of drug-likeness (QED) is 0.818. The van der Waals surface area contributed by atoms with Gasteiger partial charge in [-0.05, 0) is 12.6 Å². The van der Waals surface area contributed by atoms with Crippen LogP contribution in [0.15, 0.2) is 30.3 Å². The SMILES string of the molecule is CNC1CN(Cc2ccccc2)C1.Cl. The maximum Gasteiger partial charge on any atom is 0.0320 e. The molecule has 2 rings (SSSR count). The number of hydrogen-bond donors (Lipinski definition) is 1. The Bertz CT molecular complexity index is 257. The summed E-state index contributed by atoms with van der Waals surface area (Å²) in [6, 6.07) is 11.4. The molecule has 0 saturated carbocycles. The van der Waals surface area contributed by atoms with Gasteiger partial charge in [-0.3, -0.25) is 4.90 Å². The third kappa shape index (κ3) is 2.71. The zero-order valence-corrected chi connectivity index (χ0v) is 9.26. The molecule has 0 aromatic heterocycles. The van der Waals surface area contributed by atoms with E-state index in [1.165, 1.54) is 18.7 Å². The van der Waals surface area contributed by atoms with Crippen LogP contribution < -0.4 is 5.32 Å². The first kappa shape index (κ1) is 11.5. The normalized spacial score (nSPS) is 17.2. The van der Waals surface area contributed by atoms with Crippen LogP contribution in [0.25, 0.3) is 0 Å². The van der Waals surface area contributed by atoms with Crippen molar-refractivity contribution in [1.29, 1.82) is 0 Å². The van der Waals surface area contributed by atoms with Crippen molar-refractivity contribution in [2.45, 2.75) is 12.6 Å². The number of halogens is 1. The molecule has 0 unspecified atom stereocenters. The Morgan fingerprint density at radius 2 is 1.93 bits per heavy atom. The van der Waals surface area contributed by atoms with Crippen molar-refractivity contribution < 1.29 is 0 Å². The van der Waals surface area contributed by atoms with Gasteiger partial charge in [-0.25, -0.2) is 0 Å². The third-order valence-electron chi connectivity index (χ3n) is 2.61. The molecule has 1 aliphatic heterocycles. The number of hydrogen-bond acceptors (Lipinski definition) is 2. The summed E-state index contributed by atoms with van der Waals surface area (Å²) < 4.78 is 0. The molecule has 1 saturated heterocycles. The minimum Gasteiger partial charge on any atom is -0.315 e. The number of rotatable bonds is 3. The molecular formula is C11H17ClN2. The summed E-state index contributed by atoms with van der Waals surface area (Å²) in [7, 11) is 2.03. The fourth-order valence-electron chi connectivity index (χ4n) is 1.72. The highest BCUT2D eigenvalue weighted by atomic mass is 35.5. The Morgan fingerprint density at radius 3 is 2.50 bits per heavy atom. The molecule has 1 heterocycles. The lowest BCUT2D eigenvalue weighted by atomic mass is 10.1. The van der Waals surface area contributed by atoms with Crippen molar-refractivity contribution in [2.24, 2.45) is 0 Å². The third-order valence-corrected chi connectivity index (χ3v) is 2.61. The monoisotopic (exact) mass is 212 g/mol. The van der Waals surface area contributed by atoms with Gasteiger partial charge in [0, 0.05) is 25.7 Å². The molecule has 2 nitrogen and oxygen atoms in total. The van der Waals surface area contributed by atoms with Gasteiger partial charge in [0.25, 0.3) is 0 Å². The van der Waals surface area contributed by atoms with Crippen LogP contribution in [-0.2, 0) is 6.54 Å². The first-order valence-corrected chi connectivity index (χ1v) is 4.82. The second-order valence-corrected chi connectivity index (χ2v) is 3.67. The summed E-state index contributed by atoms with van der Waals surface area (Å²) in [4.78, 5) is 2.45. The van der Waals surface area contributed by atoms with Gasteiger partial charge >= 0.3 is 0 Å². The second kappa shape index (κ2) is 5.35. The minimum atomic E-state index is 0. The Hall–Kier alpha value is -0.570. The molecule has 0 radical (unpaired) electrons. The summed E-state index contributed by atoms with van der Waals surface area (Å²) in [6.45, 7) is 3.47. The van der Waals surface area contributed by atoms with E-state index in [0.29, 0.717) is 6.04 Å². The smallest absolute Gasteiger partial charge is 0.0320 e. The van der Waals surface area contributed by atoms with E-state index >= 15 is 0 Å². The van der Waals surface area contributed by atoms with Crippen molar-refractivity contribution in [3.63, 3.8) is 0 Å². The van der Waals surface area contributed by atoms with E-state index < -0.39 is 0 Å². The first-order chi connectivity index (χ1) is 6.38. The zero-order chi connectivity index (χ0) is 9.10. The van der Waals surface area contributed by atoms with Gasteiger partial charge in [0.15, 0.2) is 0 Å². The predicted octanol–water partition coefficient (Wildman–Crippen LogP) is 1.51. The molecule has 1 aromatic rings. The molecule has 1 aromatic carbocycles. The summed E-state index contributed by atoms with van der Waals surface area (Å²) in [5.41, 5.74) is 1.41. The van der Waals surface area contributed by atoms with Crippen molar-refractivity contribution in [1.82, 2.24) is 10.2 Å². The van der Waals surface area contributed by atoms with Crippen LogP contribution in [0.1, 0.15) is 5.56 Å². The number of benzene rings is 1. The van der Waals surface area contributed by atoms with Crippen LogP contribution in [0, 0.1) is 0 Å². The molecule has 1 N–H and O–H groups in total. The molecule has 1 aliphatic rings. The van der Waals surface area contributed by atoms with Crippen molar-refractivity contribution in [3.8, 4) is 0 Å². The van der Waals surface area contributed by atoms with Crippen LogP contribution in [0.4, 0.5) is 0 Å². The van der Waals surface area contributed by atoms with E-state index in [4.69, 9.17) is 0 Å². The summed E-state index contributed by atoms with van der Waals surface area (Å²) in [6.07, 6.45) is 0. The molecule has 0 amide bonds. The molecule has 3 heteroatoms. The summed E-state index contributed by atoms with van der Waals surface area (Å²) >= 11 is 0. The van der Waals surface area contributed by atoms with Crippen molar-refractivity contribution >= 4 is 12.4 Å². The Kier molecular flexibility index (Phi) is 4.39. The lowest BCUT2D eigenvalue weighted by Crippen LogP contribution is -2.56. The van der Waals surface area contributed by atoms with Gasteiger partial charge in [-0.15, -0.1) is 12.4 Å². The molecule has 78 valence electrons. The van der Waals surface area contributed by atoms with Crippen LogP contribution in [0.2, 0.25) is 0 Å². The van der Waals surface area contributed by atoms with Gasteiger partial charge in [0.1, 0.15) is 0 Å². The van der Waals surface area contributed by atoms with Gasteiger partial charge in [-0.2, -0.15) is 0 Å². The highest BCUT2D eigenvalue weighted by molar-refractivity contribution is 5.85. The maximum atomic E-state index is 3.28. The van der Waals surface area contributed by atoms with Gasteiger partial charge in [0.2, 0.25) is 0 Å². The van der Waals surface area contributed by atoms with E-state index in [9.17, 15) is 0 Å². The number of likely N-dealkylation sites (tertiary alicyclic amines) is 1. The Balaban J connectivity index is 0.000000980. The minimum absolute atomic E-state index is 0. The van der Waals surface area contributed by atoms with Crippen LogP contribution in [-0.4, -0.2) is 31.1 Å². The van der Waals surface area contributed by atoms with Crippen LogP contribution >= 0.6 is 12.4 Å². The van der Waals surface area contributed by atoms with E-state index in [2.05, 4.69) is 40.5 Å². The predicted molar refractivity (Wildman–Crippen MR) is 61.8 cm³/mol. The first-order valence-electron chi connectivity index (χ1n) is 4.82. The number of nitrogens with zero attached hydrogens (tertiary/aromatic N) is 1. The molecule has 1 fully saturated rings. The van der Waals surface area contributed by atoms with Crippen LogP contribution in [0.3, 0.4) is 0 Å². The second-order valence-electron chi connectivity index (χ2n) is 3.67. The maximum absolute atomic E-state index is 3.28. The average Bonchev–Trinajstić information content (AvgIpc) is 2.12. The summed E-state index contributed by atoms with van der Waals surface area (Å²) in [5.74, 6) is 0. The average molecular weight is 213 g/mol. The van der Waals surface area contributed by atoms with Gasteiger partial charge in [0.05, 0.1) is 0 Å². The molecular weight excluding hydrogens is 196 g/mol. The van der Waals surface area contributed by atoms with E-state index in [-0.39, 0.29) is 12.4 Å². The standard InChI is InChI=1S/C11H16N2.ClH/c1-12-11-8-13(9-11)7-10-5-3-2-4-6-10;/h2-6,11-12H,7-9H2,1H3;1H. The van der Waals surface area contributed by atoms with Gasteiger partial charge in [-0.1, -0.05) is 30.3 Å². The van der Waals surface area contributed by atoms with E-state index in [0.717, 1.165) is 6.54 Å². The lowest BCUT2D eigenvalue weighted by Gasteiger charge is -2.39. The molecule has 0 spiro atoms. The van der Waals surface area contributed by atoms with Crippen LogP contribution in [0.5, 0.6) is 0 Å². The number of likely N-dealkylation sites (N-methyl/N-ethyl adjacent to an activating group) is 1. The Morgan fingerprint density at radius 1 is 1.29 bits per heavy atom. The van der Waals surface area contributed by atoms with Gasteiger partial charge < -0.3 is 5.32 Å². The largest absolute Gasteiger partial charge is 0.315 e. The van der Waals surface area contributed by atoms with Crippen molar-refractivity contribution in [2.75, 3.05) is 20.1 Å². The summed E-state index contributed by atoms with van der Waals surface area (Å²) in [5, 5.41) is 3.28. The Labute approximate surface area is 91.7 Å².